The molecule has 7 rings (SSSR count). The van der Waals surface area contributed by atoms with Gasteiger partial charge < -0.3 is 19.6 Å². The van der Waals surface area contributed by atoms with Crippen LogP contribution in [0.25, 0.3) is 11.0 Å². The molecule has 3 N–H and O–H groups in total. The number of rotatable bonds is 7. The molecule has 1 aromatic carbocycles. The van der Waals surface area contributed by atoms with Gasteiger partial charge in [-0.2, -0.15) is 0 Å². The lowest BCUT2D eigenvalue weighted by Crippen LogP contribution is -2.41. The van der Waals surface area contributed by atoms with Crippen LogP contribution in [-0.4, -0.2) is 65.2 Å². The van der Waals surface area contributed by atoms with E-state index >= 15 is 0 Å². The zero-order valence-electron chi connectivity index (χ0n) is 24.0. The van der Waals surface area contributed by atoms with Crippen LogP contribution in [0.4, 0.5) is 0 Å². The highest BCUT2D eigenvalue weighted by Gasteiger charge is 2.54. The largest absolute Gasteiger partial charge is 0.494 e. The van der Waals surface area contributed by atoms with Crippen molar-refractivity contribution in [3.8, 4) is 11.8 Å². The van der Waals surface area contributed by atoms with Gasteiger partial charge in [0.15, 0.2) is 17.3 Å². The van der Waals surface area contributed by atoms with E-state index in [2.05, 4.69) is 27.8 Å². The third-order valence-corrected chi connectivity index (χ3v) is 11.6. The minimum atomic E-state index is -3.37. The summed E-state index contributed by atoms with van der Waals surface area (Å²) in [5.74, 6) is 1.69. The molecule has 1 aliphatic heterocycles. The highest BCUT2D eigenvalue weighted by atomic mass is 32.2. The van der Waals surface area contributed by atoms with Crippen LogP contribution in [0.5, 0.6) is 11.8 Å². The van der Waals surface area contributed by atoms with Gasteiger partial charge in [-0.1, -0.05) is 37.1 Å². The zero-order chi connectivity index (χ0) is 28.5. The van der Waals surface area contributed by atoms with Gasteiger partial charge in [0, 0.05) is 47.5 Å². The summed E-state index contributed by atoms with van der Waals surface area (Å²) in [6.07, 6.45) is 8.77. The SMILES string of the molecule is CC1C2CC(c3c2c(O)n(CC2CCCCC2CN2CCC(c4noc5ccccc45)CC2)c3O)C1NS(C)(=O)=O. The Balaban J connectivity index is 1.04. The molecule has 3 heterocycles. The monoisotopic (exact) mass is 582 g/mol. The van der Waals surface area contributed by atoms with Gasteiger partial charge in [-0.05, 0) is 81.0 Å². The minimum Gasteiger partial charge on any atom is -0.494 e. The molecule has 0 spiro atoms. The summed E-state index contributed by atoms with van der Waals surface area (Å²) in [7, 11) is -3.37. The molecule has 1 saturated heterocycles. The average Bonchev–Trinajstić information content (AvgIpc) is 3.69. The Hall–Kier alpha value is -2.56. The summed E-state index contributed by atoms with van der Waals surface area (Å²) < 4.78 is 34.2. The lowest BCUT2D eigenvalue weighted by Gasteiger charge is -2.38. The van der Waals surface area contributed by atoms with Gasteiger partial charge in [-0.15, -0.1) is 0 Å². The van der Waals surface area contributed by atoms with E-state index in [1.807, 2.05) is 18.2 Å². The molecule has 2 saturated carbocycles. The Morgan fingerprint density at radius 2 is 1.63 bits per heavy atom. The summed E-state index contributed by atoms with van der Waals surface area (Å²) in [6, 6.07) is 7.88. The van der Waals surface area contributed by atoms with Gasteiger partial charge in [-0.25, -0.2) is 13.1 Å². The number of sulfonamides is 1. The van der Waals surface area contributed by atoms with E-state index in [4.69, 9.17) is 4.52 Å². The molecule has 3 aromatic rings. The molecular weight excluding hydrogens is 540 g/mol. The molecule has 41 heavy (non-hydrogen) atoms. The van der Waals surface area contributed by atoms with Crippen molar-refractivity contribution in [2.75, 3.05) is 25.9 Å². The summed E-state index contributed by atoms with van der Waals surface area (Å²) in [6.45, 7) is 5.78. The van der Waals surface area contributed by atoms with E-state index in [0.717, 1.165) is 73.1 Å². The third-order valence-electron chi connectivity index (χ3n) is 10.9. The van der Waals surface area contributed by atoms with Crippen molar-refractivity contribution >= 4 is 21.0 Å². The molecule has 6 atom stereocenters. The van der Waals surface area contributed by atoms with E-state index in [9.17, 15) is 18.6 Å². The van der Waals surface area contributed by atoms with Crippen molar-refractivity contribution in [1.29, 1.82) is 0 Å². The molecule has 9 nitrogen and oxygen atoms in total. The van der Waals surface area contributed by atoms with Crippen LogP contribution < -0.4 is 4.72 Å². The number of likely N-dealkylation sites (tertiary alicyclic amines) is 1. The summed E-state index contributed by atoms with van der Waals surface area (Å²) in [5.41, 5.74) is 3.57. The molecular formula is C31H42N4O5S. The quantitative estimate of drug-likeness (QED) is 0.364. The van der Waals surface area contributed by atoms with E-state index in [-0.39, 0.29) is 35.6 Å². The average molecular weight is 583 g/mol. The van der Waals surface area contributed by atoms with Crippen LogP contribution >= 0.6 is 0 Å². The van der Waals surface area contributed by atoms with Gasteiger partial charge in [-0.3, -0.25) is 4.57 Å². The standard InChI is InChI=1S/C31H42N4O5S/c1-18-23-15-24(28(18)33-41(2,38)39)27-26(23)30(36)35(31(27)37)17-21-8-4-3-7-20(21)16-34-13-11-19(12-14-34)29-22-9-5-6-10-25(22)40-32-29/h5-6,9-10,18-21,23-24,28,33,36-37H,3-4,7-8,11-17H2,1-2H3. The molecule has 10 heteroatoms. The maximum Gasteiger partial charge on any atom is 0.208 e. The molecule has 6 unspecified atom stereocenters. The Kier molecular flexibility index (Phi) is 6.86. The normalized spacial score (nSPS) is 30.8. The second-order valence-electron chi connectivity index (χ2n) is 13.3. The minimum absolute atomic E-state index is 0.0617. The summed E-state index contributed by atoms with van der Waals surface area (Å²) in [4.78, 5) is 2.60. The first kappa shape index (κ1) is 27.3. The second-order valence-corrected chi connectivity index (χ2v) is 15.0. The topological polar surface area (TPSA) is 121 Å². The van der Waals surface area contributed by atoms with Gasteiger partial charge in [0.2, 0.25) is 10.0 Å². The predicted octanol–water partition coefficient (Wildman–Crippen LogP) is 4.86. The van der Waals surface area contributed by atoms with Crippen molar-refractivity contribution in [2.24, 2.45) is 17.8 Å². The number of benzene rings is 1. The number of hydrogen-bond acceptors (Lipinski definition) is 7. The number of aromatic hydroxyl groups is 2. The Morgan fingerprint density at radius 3 is 2.34 bits per heavy atom. The Bertz CT molecular complexity index is 1540. The Morgan fingerprint density at radius 1 is 0.976 bits per heavy atom. The van der Waals surface area contributed by atoms with Crippen molar-refractivity contribution < 1.29 is 23.2 Å². The fourth-order valence-corrected chi connectivity index (χ4v) is 9.70. The lowest BCUT2D eigenvalue weighted by molar-refractivity contribution is 0.116. The van der Waals surface area contributed by atoms with Crippen molar-refractivity contribution in [3.05, 3.63) is 41.1 Å². The summed E-state index contributed by atoms with van der Waals surface area (Å²) in [5, 5.41) is 28.3. The molecule has 3 fully saturated rings. The van der Waals surface area contributed by atoms with Gasteiger partial charge in [0.25, 0.3) is 0 Å². The van der Waals surface area contributed by atoms with E-state index in [1.54, 1.807) is 4.57 Å². The first-order chi connectivity index (χ1) is 19.7. The highest BCUT2D eigenvalue weighted by molar-refractivity contribution is 7.88. The van der Waals surface area contributed by atoms with Crippen LogP contribution in [0, 0.1) is 17.8 Å². The van der Waals surface area contributed by atoms with Crippen molar-refractivity contribution in [3.63, 3.8) is 0 Å². The number of fused-ring (bicyclic) bond motifs is 6. The van der Waals surface area contributed by atoms with E-state index in [1.165, 1.54) is 25.5 Å². The van der Waals surface area contributed by atoms with Crippen LogP contribution in [0.2, 0.25) is 0 Å². The molecule has 0 radical (unpaired) electrons. The molecule has 3 aliphatic carbocycles. The van der Waals surface area contributed by atoms with Crippen LogP contribution in [-0.2, 0) is 16.6 Å². The number of hydrogen-bond donors (Lipinski definition) is 3. The predicted molar refractivity (Wildman–Crippen MR) is 157 cm³/mol. The zero-order valence-corrected chi connectivity index (χ0v) is 24.8. The second kappa shape index (κ2) is 10.3. The third kappa shape index (κ3) is 4.76. The molecule has 0 amide bonds. The number of piperidine rings is 1. The van der Waals surface area contributed by atoms with E-state index in [0.29, 0.717) is 24.3 Å². The smallest absolute Gasteiger partial charge is 0.208 e. The van der Waals surface area contributed by atoms with Crippen molar-refractivity contribution in [2.45, 2.75) is 82.2 Å². The fourth-order valence-electron chi connectivity index (χ4n) is 8.82. The van der Waals surface area contributed by atoms with Crippen molar-refractivity contribution in [1.82, 2.24) is 19.3 Å². The summed E-state index contributed by atoms with van der Waals surface area (Å²) >= 11 is 0. The van der Waals surface area contributed by atoms with E-state index < -0.39 is 10.0 Å². The molecule has 2 aromatic heterocycles. The van der Waals surface area contributed by atoms with Crippen LogP contribution in [0.15, 0.2) is 28.8 Å². The van der Waals surface area contributed by atoms with Crippen LogP contribution in [0.3, 0.4) is 0 Å². The fraction of sp³-hybridized carbons (Fsp3) is 0.645. The Labute approximate surface area is 241 Å². The molecule has 4 aliphatic rings. The number of nitrogens with zero attached hydrogens (tertiary/aromatic N) is 3. The van der Waals surface area contributed by atoms with Crippen LogP contribution in [0.1, 0.15) is 86.4 Å². The van der Waals surface area contributed by atoms with Gasteiger partial charge >= 0.3 is 0 Å². The number of para-hydroxylation sites is 1. The lowest BCUT2D eigenvalue weighted by atomic mass is 9.78. The first-order valence-corrected chi connectivity index (χ1v) is 17.3. The maximum absolute atomic E-state index is 12.0. The van der Waals surface area contributed by atoms with Gasteiger partial charge in [0.05, 0.1) is 11.9 Å². The number of nitrogens with one attached hydrogen (secondary N) is 1. The maximum atomic E-state index is 12.0. The number of aromatic nitrogens is 2. The molecule has 222 valence electrons. The molecule has 2 bridgehead atoms. The first-order valence-electron chi connectivity index (χ1n) is 15.4. The highest BCUT2D eigenvalue weighted by Crippen LogP contribution is 2.62. The van der Waals surface area contributed by atoms with Gasteiger partial charge in [0.1, 0.15) is 0 Å².